The van der Waals surface area contributed by atoms with Crippen LogP contribution >= 0.6 is 0 Å². The van der Waals surface area contributed by atoms with Crippen molar-refractivity contribution in [2.24, 2.45) is 0 Å². The number of aldehydes is 1. The Morgan fingerprint density at radius 1 is 0.947 bits per heavy atom. The molecule has 3 aromatic rings. The van der Waals surface area contributed by atoms with Crippen LogP contribution in [0.15, 0.2) is 60.8 Å². The molecule has 0 spiro atoms. The van der Waals surface area contributed by atoms with E-state index in [9.17, 15) is 4.79 Å². The number of rotatable bonds is 3. The van der Waals surface area contributed by atoms with E-state index < -0.39 is 0 Å². The molecule has 0 bridgehead atoms. The maximum atomic E-state index is 10.6. The molecule has 3 rings (SSSR count). The molecule has 0 aliphatic carbocycles. The number of pyridine rings is 1. The lowest BCUT2D eigenvalue weighted by molar-refractivity contribution is 0.112. The number of nitrogens with zero attached hydrogens (tertiary/aromatic N) is 1. The Kier molecular flexibility index (Phi) is 3.07. The van der Waals surface area contributed by atoms with Gasteiger partial charge in [-0.05, 0) is 29.7 Å². The Labute approximate surface area is 111 Å². The van der Waals surface area contributed by atoms with Crippen LogP contribution in [-0.4, -0.2) is 11.3 Å². The highest BCUT2D eigenvalue weighted by atomic mass is 16.1. The van der Waals surface area contributed by atoms with E-state index >= 15 is 0 Å². The molecule has 2 heteroatoms. The van der Waals surface area contributed by atoms with Crippen molar-refractivity contribution >= 4 is 17.2 Å². The van der Waals surface area contributed by atoms with Crippen LogP contribution in [0.2, 0.25) is 0 Å². The van der Waals surface area contributed by atoms with Crippen LogP contribution in [0, 0.1) is 0 Å². The fraction of sp³-hybridized carbons (Fsp3) is 0.0588. The summed E-state index contributed by atoms with van der Waals surface area (Å²) in [6.45, 7) is 0. The summed E-state index contributed by atoms with van der Waals surface area (Å²) < 4.78 is 0. The molecular formula is C17H13NO. The van der Waals surface area contributed by atoms with E-state index in [1.54, 1.807) is 0 Å². The Morgan fingerprint density at radius 2 is 1.74 bits per heavy atom. The van der Waals surface area contributed by atoms with Gasteiger partial charge in [-0.25, -0.2) is 0 Å². The standard InChI is InChI=1S/C17H13NO/c19-12-14-7-5-13(6-8-14)11-15-9-10-18-17-4-2-1-3-16(15)17/h1-10,12H,11H2. The largest absolute Gasteiger partial charge is 0.298 e. The van der Waals surface area contributed by atoms with Gasteiger partial charge in [0, 0.05) is 17.1 Å². The quantitative estimate of drug-likeness (QED) is 0.661. The number of fused-ring (bicyclic) bond motifs is 1. The van der Waals surface area contributed by atoms with Gasteiger partial charge in [-0.15, -0.1) is 0 Å². The zero-order valence-electron chi connectivity index (χ0n) is 10.4. The summed E-state index contributed by atoms with van der Waals surface area (Å²) in [4.78, 5) is 15.0. The molecule has 0 aliphatic rings. The third-order valence-electron chi connectivity index (χ3n) is 3.25. The van der Waals surface area contributed by atoms with Crippen molar-refractivity contribution in [2.75, 3.05) is 0 Å². The van der Waals surface area contributed by atoms with Crippen molar-refractivity contribution in [3.63, 3.8) is 0 Å². The molecule has 0 amide bonds. The third-order valence-corrected chi connectivity index (χ3v) is 3.25. The minimum Gasteiger partial charge on any atom is -0.298 e. The maximum absolute atomic E-state index is 10.6. The molecule has 0 unspecified atom stereocenters. The average Bonchev–Trinajstić information content (AvgIpc) is 2.48. The first-order valence-corrected chi connectivity index (χ1v) is 6.23. The summed E-state index contributed by atoms with van der Waals surface area (Å²) >= 11 is 0. The van der Waals surface area contributed by atoms with E-state index in [0.29, 0.717) is 5.56 Å². The molecule has 19 heavy (non-hydrogen) atoms. The summed E-state index contributed by atoms with van der Waals surface area (Å²) in [5.41, 5.74) is 4.18. The molecule has 2 aromatic carbocycles. The van der Waals surface area contributed by atoms with E-state index in [1.807, 2.05) is 48.7 Å². The molecule has 0 radical (unpaired) electrons. The molecule has 0 aliphatic heterocycles. The van der Waals surface area contributed by atoms with Crippen molar-refractivity contribution in [3.05, 3.63) is 77.5 Å². The van der Waals surface area contributed by atoms with Gasteiger partial charge in [-0.1, -0.05) is 42.5 Å². The van der Waals surface area contributed by atoms with E-state index in [2.05, 4.69) is 17.1 Å². The van der Waals surface area contributed by atoms with Gasteiger partial charge in [0.2, 0.25) is 0 Å². The number of carbonyl (C=O) groups excluding carboxylic acids is 1. The van der Waals surface area contributed by atoms with Crippen LogP contribution in [0.1, 0.15) is 21.5 Å². The van der Waals surface area contributed by atoms with Gasteiger partial charge in [0.15, 0.2) is 0 Å². The second-order valence-corrected chi connectivity index (χ2v) is 4.52. The van der Waals surface area contributed by atoms with Crippen LogP contribution < -0.4 is 0 Å². The lowest BCUT2D eigenvalue weighted by Gasteiger charge is -2.06. The predicted octanol–water partition coefficient (Wildman–Crippen LogP) is 3.64. The SMILES string of the molecule is O=Cc1ccc(Cc2ccnc3ccccc23)cc1. The smallest absolute Gasteiger partial charge is 0.150 e. The molecule has 92 valence electrons. The minimum absolute atomic E-state index is 0.711. The highest BCUT2D eigenvalue weighted by molar-refractivity contribution is 5.82. The van der Waals surface area contributed by atoms with Crippen molar-refractivity contribution in [1.29, 1.82) is 0 Å². The Morgan fingerprint density at radius 3 is 2.53 bits per heavy atom. The zero-order valence-corrected chi connectivity index (χ0v) is 10.4. The van der Waals surface area contributed by atoms with Crippen LogP contribution in [0.3, 0.4) is 0 Å². The Bertz CT molecular complexity index is 711. The first-order valence-electron chi connectivity index (χ1n) is 6.23. The normalized spacial score (nSPS) is 10.5. The molecule has 0 fully saturated rings. The number of hydrogen-bond acceptors (Lipinski definition) is 2. The third kappa shape index (κ3) is 2.38. The zero-order chi connectivity index (χ0) is 13.1. The molecule has 0 saturated carbocycles. The number of para-hydroxylation sites is 1. The van der Waals surface area contributed by atoms with Gasteiger partial charge in [-0.2, -0.15) is 0 Å². The fourth-order valence-corrected chi connectivity index (χ4v) is 2.24. The van der Waals surface area contributed by atoms with Gasteiger partial charge < -0.3 is 0 Å². The van der Waals surface area contributed by atoms with E-state index in [1.165, 1.54) is 16.5 Å². The number of hydrogen-bond donors (Lipinski definition) is 0. The number of aromatic nitrogens is 1. The van der Waals surface area contributed by atoms with E-state index in [0.717, 1.165) is 18.2 Å². The monoisotopic (exact) mass is 247 g/mol. The summed E-state index contributed by atoms with van der Waals surface area (Å²) in [5, 5.41) is 1.18. The van der Waals surface area contributed by atoms with Crippen molar-refractivity contribution in [1.82, 2.24) is 4.98 Å². The second kappa shape index (κ2) is 5.02. The second-order valence-electron chi connectivity index (χ2n) is 4.52. The van der Waals surface area contributed by atoms with Crippen LogP contribution in [-0.2, 0) is 6.42 Å². The maximum Gasteiger partial charge on any atom is 0.150 e. The van der Waals surface area contributed by atoms with Gasteiger partial charge >= 0.3 is 0 Å². The fourth-order valence-electron chi connectivity index (χ4n) is 2.24. The Hall–Kier alpha value is -2.48. The molecule has 1 aromatic heterocycles. The summed E-state index contributed by atoms with van der Waals surface area (Å²) in [6, 6.07) is 17.9. The highest BCUT2D eigenvalue weighted by Gasteiger charge is 2.02. The summed E-state index contributed by atoms with van der Waals surface area (Å²) in [7, 11) is 0. The topological polar surface area (TPSA) is 30.0 Å². The van der Waals surface area contributed by atoms with Crippen LogP contribution in [0.4, 0.5) is 0 Å². The van der Waals surface area contributed by atoms with Gasteiger partial charge in [0.1, 0.15) is 6.29 Å². The Balaban J connectivity index is 1.98. The molecular weight excluding hydrogens is 234 g/mol. The van der Waals surface area contributed by atoms with Crippen LogP contribution in [0.25, 0.3) is 10.9 Å². The van der Waals surface area contributed by atoms with Gasteiger partial charge in [-0.3, -0.25) is 9.78 Å². The first kappa shape index (κ1) is 11.6. The van der Waals surface area contributed by atoms with Gasteiger partial charge in [0.25, 0.3) is 0 Å². The highest BCUT2D eigenvalue weighted by Crippen LogP contribution is 2.19. The van der Waals surface area contributed by atoms with E-state index in [-0.39, 0.29) is 0 Å². The van der Waals surface area contributed by atoms with E-state index in [4.69, 9.17) is 0 Å². The average molecular weight is 247 g/mol. The molecule has 1 heterocycles. The number of benzene rings is 2. The van der Waals surface area contributed by atoms with Crippen LogP contribution in [0.5, 0.6) is 0 Å². The molecule has 2 nitrogen and oxygen atoms in total. The molecule has 0 N–H and O–H groups in total. The lowest BCUT2D eigenvalue weighted by Crippen LogP contribution is -1.92. The van der Waals surface area contributed by atoms with Gasteiger partial charge in [0.05, 0.1) is 5.52 Å². The first-order chi connectivity index (χ1) is 9.36. The lowest BCUT2D eigenvalue weighted by atomic mass is 10.0. The van der Waals surface area contributed by atoms with Crippen molar-refractivity contribution in [2.45, 2.75) is 6.42 Å². The van der Waals surface area contributed by atoms with Crippen molar-refractivity contribution < 1.29 is 4.79 Å². The molecule has 0 saturated heterocycles. The number of carbonyl (C=O) groups is 1. The predicted molar refractivity (Wildman–Crippen MR) is 76.4 cm³/mol. The summed E-state index contributed by atoms with van der Waals surface area (Å²) in [5.74, 6) is 0. The molecule has 0 atom stereocenters. The summed E-state index contributed by atoms with van der Waals surface area (Å²) in [6.07, 6.45) is 3.56. The minimum atomic E-state index is 0.711. The van der Waals surface area contributed by atoms with Crippen molar-refractivity contribution in [3.8, 4) is 0 Å².